The maximum Gasteiger partial charge on any atom is 0.0643 e. The van der Waals surface area contributed by atoms with Gasteiger partial charge in [-0.2, -0.15) is 0 Å². The highest BCUT2D eigenvalue weighted by Crippen LogP contribution is 2.48. The first kappa shape index (κ1) is 33.4. The third-order valence-corrected chi connectivity index (χ3v) is 7.12. The number of hydrogen-bond donors (Lipinski definition) is 0. The van der Waals surface area contributed by atoms with Gasteiger partial charge in [0.05, 0.1) is 35.3 Å². The molecule has 0 saturated carbocycles. The molecule has 2 aromatic carbocycles. The van der Waals surface area contributed by atoms with Crippen molar-refractivity contribution in [2.45, 2.75) is 16.2 Å². The van der Waals surface area contributed by atoms with Crippen molar-refractivity contribution >= 4 is 58.6 Å². The number of carbonyl (C=O) groups is 4. The van der Waals surface area contributed by atoms with Crippen molar-refractivity contribution in [3.8, 4) is 0 Å². The van der Waals surface area contributed by atoms with E-state index in [0.29, 0.717) is 24.3 Å². The first-order chi connectivity index (χ1) is 19.5. The molecule has 0 atom stereocenters. The monoisotopic (exact) mass is 601 g/mol. The number of fused-ring (bicyclic) bond motifs is 2. The van der Waals surface area contributed by atoms with Gasteiger partial charge in [0.1, 0.15) is 0 Å². The van der Waals surface area contributed by atoms with E-state index in [2.05, 4.69) is 58.1 Å². The summed E-state index contributed by atoms with van der Waals surface area (Å²) >= 11 is 8.13. The van der Waals surface area contributed by atoms with Gasteiger partial charge in [0.15, 0.2) is 0 Å². The summed E-state index contributed by atoms with van der Waals surface area (Å²) in [5.41, 5.74) is 2.55. The van der Waals surface area contributed by atoms with E-state index in [4.69, 9.17) is 11.6 Å². The minimum absolute atomic E-state index is 0.384. The molecule has 11 nitrogen and oxygen atoms in total. The first-order valence-electron chi connectivity index (χ1n) is 12.4. The smallest absolute Gasteiger partial charge is 0.0643 e. The lowest BCUT2D eigenvalue weighted by molar-refractivity contribution is -0.301. The van der Waals surface area contributed by atoms with E-state index in [1.807, 2.05) is 17.8 Å². The summed E-state index contributed by atoms with van der Waals surface area (Å²) in [5.74, 6) is -6.19. The van der Waals surface area contributed by atoms with Crippen LogP contribution in [-0.2, 0) is 19.2 Å². The lowest BCUT2D eigenvalue weighted by atomic mass is 10.2. The summed E-state index contributed by atoms with van der Waals surface area (Å²) < 4.78 is 0. The Hall–Kier alpha value is -3.84. The largest absolute Gasteiger partial charge is 0.545 e. The van der Waals surface area contributed by atoms with E-state index in [9.17, 15) is 39.6 Å². The summed E-state index contributed by atoms with van der Waals surface area (Å²) in [5, 5.41) is 38.5. The number of halogens is 1. The van der Waals surface area contributed by atoms with E-state index >= 15 is 0 Å². The zero-order chi connectivity index (χ0) is 30.4. The standard InChI is InChI=1S/C20H24ClN3S.2C4H4O4/c1-22-11-13-23(14-12-22)9-4-10-24-17-5-2-3-6-19(17)25-20-8-7-16(21)15-18(20)24;2*5-3(6)1-2-4(7)8/h2-3,5-8,15H,4,9-14H2,1H3;2*1-2H,(H,5,6)(H,7,8)/p-4/b;2*2-1-. The number of hydrogen-bond acceptors (Lipinski definition) is 12. The van der Waals surface area contributed by atoms with Gasteiger partial charge in [-0.3, -0.25) is 0 Å². The van der Waals surface area contributed by atoms with Crippen molar-refractivity contribution in [1.29, 1.82) is 0 Å². The van der Waals surface area contributed by atoms with Crippen LogP contribution in [0.2, 0.25) is 5.02 Å². The molecule has 220 valence electrons. The number of nitrogens with zero attached hydrogens (tertiary/aromatic N) is 3. The maximum atomic E-state index is 9.41. The third-order valence-electron chi connectivity index (χ3n) is 5.75. The minimum Gasteiger partial charge on any atom is -0.545 e. The molecule has 2 heterocycles. The van der Waals surface area contributed by atoms with Gasteiger partial charge in [-0.25, -0.2) is 0 Å². The van der Waals surface area contributed by atoms with Gasteiger partial charge < -0.3 is 54.3 Å². The molecule has 2 aliphatic rings. The van der Waals surface area contributed by atoms with E-state index in [1.165, 1.54) is 47.3 Å². The molecule has 0 bridgehead atoms. The van der Waals surface area contributed by atoms with Crippen molar-refractivity contribution in [2.75, 3.05) is 51.2 Å². The highest BCUT2D eigenvalue weighted by atomic mass is 35.5. The van der Waals surface area contributed by atoms with E-state index < -0.39 is 23.9 Å². The maximum absolute atomic E-state index is 9.41. The van der Waals surface area contributed by atoms with Gasteiger partial charge in [-0.1, -0.05) is 35.5 Å². The lowest BCUT2D eigenvalue weighted by Gasteiger charge is -2.35. The summed E-state index contributed by atoms with van der Waals surface area (Å²) in [4.78, 5) is 47.7. The number of para-hydroxylation sites is 1. The minimum atomic E-state index is -1.55. The fourth-order valence-corrected chi connectivity index (χ4v) is 5.08. The first-order valence-corrected chi connectivity index (χ1v) is 13.6. The van der Waals surface area contributed by atoms with Crippen LogP contribution in [-0.4, -0.2) is 80.0 Å². The topological polar surface area (TPSA) is 170 Å². The molecule has 1 saturated heterocycles. The number of rotatable bonds is 8. The molecular formula is C28H28ClN3O8S-4. The Bertz CT molecular complexity index is 1210. The molecule has 0 amide bonds. The van der Waals surface area contributed by atoms with Crippen LogP contribution in [0.15, 0.2) is 76.6 Å². The average molecular weight is 602 g/mol. The molecular weight excluding hydrogens is 574 g/mol. The zero-order valence-electron chi connectivity index (χ0n) is 22.2. The molecule has 0 aliphatic carbocycles. The predicted molar refractivity (Wildman–Crippen MR) is 146 cm³/mol. The van der Waals surface area contributed by atoms with Crippen molar-refractivity contribution in [3.05, 3.63) is 71.8 Å². The van der Waals surface area contributed by atoms with Crippen molar-refractivity contribution in [3.63, 3.8) is 0 Å². The normalized spacial score (nSPS) is 14.7. The number of carbonyl (C=O) groups excluding carboxylic acids is 4. The Balaban J connectivity index is 0.000000304. The van der Waals surface area contributed by atoms with Crippen LogP contribution in [0.1, 0.15) is 6.42 Å². The van der Waals surface area contributed by atoms with Crippen LogP contribution in [0.4, 0.5) is 11.4 Å². The van der Waals surface area contributed by atoms with Gasteiger partial charge >= 0.3 is 0 Å². The van der Waals surface area contributed by atoms with Gasteiger partial charge in [0.25, 0.3) is 0 Å². The summed E-state index contributed by atoms with van der Waals surface area (Å²) in [6.45, 7) is 6.92. The lowest BCUT2D eigenvalue weighted by Crippen LogP contribution is -2.45. The Morgan fingerprint density at radius 2 is 1.27 bits per heavy atom. The van der Waals surface area contributed by atoms with Crippen LogP contribution in [0, 0.1) is 0 Å². The fourth-order valence-electron chi connectivity index (χ4n) is 3.84. The molecule has 13 heteroatoms. The molecule has 0 spiro atoms. The molecule has 0 aromatic heterocycles. The van der Waals surface area contributed by atoms with Gasteiger partial charge in [-0.15, -0.1) is 0 Å². The number of carboxylic acids is 4. The van der Waals surface area contributed by atoms with E-state index in [-0.39, 0.29) is 0 Å². The summed E-state index contributed by atoms with van der Waals surface area (Å²) in [7, 11) is 2.21. The Kier molecular flexibility index (Phi) is 13.9. The third kappa shape index (κ3) is 12.5. The highest BCUT2D eigenvalue weighted by molar-refractivity contribution is 7.99. The number of likely N-dealkylation sites (N-methyl/N-ethyl adjacent to an activating group) is 1. The van der Waals surface area contributed by atoms with E-state index in [1.54, 1.807) is 0 Å². The summed E-state index contributed by atoms with van der Waals surface area (Å²) in [6.07, 6.45) is 2.70. The predicted octanol–water partition coefficient (Wildman–Crippen LogP) is -1.33. The molecule has 41 heavy (non-hydrogen) atoms. The molecule has 0 radical (unpaired) electrons. The van der Waals surface area contributed by atoms with Gasteiger partial charge in [0, 0.05) is 47.5 Å². The van der Waals surface area contributed by atoms with Crippen molar-refractivity contribution in [1.82, 2.24) is 9.80 Å². The SMILES string of the molecule is CN1CCN(CCCN2c3ccccc3Sc3ccc(Cl)cc32)CC1.O=C([O-])/C=C\C(=O)[O-].O=C([O-])/C=C\C(=O)[O-]. The number of aliphatic carboxylic acids is 4. The number of carboxylic acid groups (broad SMARTS) is 4. The number of piperazine rings is 1. The average Bonchev–Trinajstić information content (AvgIpc) is 2.92. The molecule has 1 fully saturated rings. The second-order valence-electron chi connectivity index (χ2n) is 8.77. The Morgan fingerprint density at radius 3 is 1.80 bits per heavy atom. The van der Waals surface area contributed by atoms with Crippen molar-refractivity contribution in [2.24, 2.45) is 0 Å². The van der Waals surface area contributed by atoms with Crippen LogP contribution < -0.4 is 25.3 Å². The van der Waals surface area contributed by atoms with Crippen LogP contribution in [0.3, 0.4) is 0 Å². The molecule has 4 rings (SSSR count). The highest BCUT2D eigenvalue weighted by Gasteiger charge is 2.23. The van der Waals surface area contributed by atoms with Crippen LogP contribution in [0.25, 0.3) is 0 Å². The Labute approximate surface area is 246 Å². The number of anilines is 2. The van der Waals surface area contributed by atoms with Crippen LogP contribution >= 0.6 is 23.4 Å². The van der Waals surface area contributed by atoms with Crippen molar-refractivity contribution < 1.29 is 39.6 Å². The van der Waals surface area contributed by atoms with E-state index in [0.717, 1.165) is 24.5 Å². The molecule has 2 aliphatic heterocycles. The quantitative estimate of drug-likeness (QED) is 0.327. The second-order valence-corrected chi connectivity index (χ2v) is 10.3. The van der Waals surface area contributed by atoms with Gasteiger partial charge in [-0.05, 0) is 74.6 Å². The second kappa shape index (κ2) is 17.1. The molecule has 2 aromatic rings. The molecule has 0 N–H and O–H groups in total. The summed E-state index contributed by atoms with van der Waals surface area (Å²) in [6, 6.07) is 14.9. The van der Waals surface area contributed by atoms with Crippen LogP contribution in [0.5, 0.6) is 0 Å². The van der Waals surface area contributed by atoms with Gasteiger partial charge in [0.2, 0.25) is 0 Å². The number of benzene rings is 2. The Morgan fingerprint density at radius 1 is 0.756 bits per heavy atom. The fraction of sp³-hybridized carbons (Fsp3) is 0.286. The molecule has 0 unspecified atom stereocenters. The zero-order valence-corrected chi connectivity index (χ0v) is 23.8.